The van der Waals surface area contributed by atoms with Crippen molar-refractivity contribution in [3.63, 3.8) is 0 Å². The van der Waals surface area contributed by atoms with Gasteiger partial charge in [0.05, 0.1) is 5.54 Å². The molecule has 0 unspecified atom stereocenters. The summed E-state index contributed by atoms with van der Waals surface area (Å²) in [6, 6.07) is 7.87. The van der Waals surface area contributed by atoms with E-state index in [1.807, 2.05) is 24.3 Å². The van der Waals surface area contributed by atoms with Gasteiger partial charge in [0.25, 0.3) is 0 Å². The fraction of sp³-hybridized carbons (Fsp3) is 0.462. The van der Waals surface area contributed by atoms with Crippen LogP contribution in [0.25, 0.3) is 0 Å². The maximum atomic E-state index is 12.0. The lowest BCUT2D eigenvalue weighted by Gasteiger charge is -2.22. The number of nitrogens with two attached hydrogens (primary N) is 1. The van der Waals surface area contributed by atoms with E-state index in [-0.39, 0.29) is 5.91 Å². The third kappa shape index (κ3) is 2.87. The van der Waals surface area contributed by atoms with Gasteiger partial charge in [-0.2, -0.15) is 0 Å². The summed E-state index contributed by atoms with van der Waals surface area (Å²) in [5.74, 6) is -0.0225. The summed E-state index contributed by atoms with van der Waals surface area (Å²) >= 11 is 3.46. The molecule has 17 heavy (non-hydrogen) atoms. The number of hydrogen-bond acceptors (Lipinski definition) is 2. The molecule has 1 fully saturated rings. The first-order valence-corrected chi connectivity index (χ1v) is 6.72. The van der Waals surface area contributed by atoms with Crippen molar-refractivity contribution < 1.29 is 4.79 Å². The number of halogens is 1. The van der Waals surface area contributed by atoms with Crippen LogP contribution in [0, 0.1) is 0 Å². The summed E-state index contributed by atoms with van der Waals surface area (Å²) in [4.78, 5) is 12.0. The molecule has 3 N–H and O–H groups in total. The van der Waals surface area contributed by atoms with Crippen LogP contribution in [0.2, 0.25) is 0 Å². The van der Waals surface area contributed by atoms with E-state index in [4.69, 9.17) is 5.73 Å². The predicted octanol–water partition coefficient (Wildman–Crippen LogP) is 2.34. The smallest absolute Gasteiger partial charge is 0.240 e. The zero-order chi connectivity index (χ0) is 12.3. The highest BCUT2D eigenvalue weighted by molar-refractivity contribution is 9.10. The first-order valence-electron chi connectivity index (χ1n) is 5.92. The van der Waals surface area contributed by atoms with Crippen LogP contribution in [0.5, 0.6) is 0 Å². The molecule has 0 aromatic heterocycles. The summed E-state index contributed by atoms with van der Waals surface area (Å²) < 4.78 is 1.01. The molecule has 1 aromatic carbocycles. The van der Waals surface area contributed by atoms with E-state index in [0.717, 1.165) is 35.7 Å². The van der Waals surface area contributed by atoms with Crippen molar-refractivity contribution in [1.82, 2.24) is 5.32 Å². The van der Waals surface area contributed by atoms with E-state index in [9.17, 15) is 4.79 Å². The molecule has 0 atom stereocenters. The number of amides is 1. The fourth-order valence-corrected chi connectivity index (χ4v) is 2.65. The molecule has 1 aliphatic rings. The van der Waals surface area contributed by atoms with Gasteiger partial charge in [-0.1, -0.05) is 47.0 Å². The van der Waals surface area contributed by atoms with Gasteiger partial charge in [-0.3, -0.25) is 4.79 Å². The van der Waals surface area contributed by atoms with Crippen LogP contribution >= 0.6 is 15.9 Å². The van der Waals surface area contributed by atoms with E-state index in [1.54, 1.807) is 0 Å². The molecule has 0 heterocycles. The minimum atomic E-state index is -0.638. The standard InChI is InChI=1S/C13H17BrN2O/c14-11-6-2-1-5-10(11)9-16-12(17)13(15)7-3-4-8-13/h1-2,5-6H,3-4,7-9,15H2,(H,16,17). The Labute approximate surface area is 110 Å². The van der Waals surface area contributed by atoms with Crippen molar-refractivity contribution in [3.8, 4) is 0 Å². The van der Waals surface area contributed by atoms with Crippen LogP contribution in [0.15, 0.2) is 28.7 Å². The summed E-state index contributed by atoms with van der Waals surface area (Å²) in [7, 11) is 0. The Morgan fingerprint density at radius 1 is 1.35 bits per heavy atom. The average molecular weight is 297 g/mol. The van der Waals surface area contributed by atoms with Crippen LogP contribution in [0.4, 0.5) is 0 Å². The van der Waals surface area contributed by atoms with Gasteiger partial charge in [0.15, 0.2) is 0 Å². The molecule has 3 nitrogen and oxygen atoms in total. The maximum Gasteiger partial charge on any atom is 0.240 e. The summed E-state index contributed by atoms with van der Waals surface area (Å²) in [6.45, 7) is 0.527. The third-order valence-corrected chi connectivity index (χ3v) is 4.12. The van der Waals surface area contributed by atoms with Crippen LogP contribution in [0.3, 0.4) is 0 Å². The molecular weight excluding hydrogens is 280 g/mol. The second-order valence-corrected chi connectivity index (χ2v) is 5.49. The van der Waals surface area contributed by atoms with Crippen molar-refractivity contribution in [2.45, 2.75) is 37.8 Å². The largest absolute Gasteiger partial charge is 0.350 e. The van der Waals surface area contributed by atoms with Crippen LogP contribution < -0.4 is 11.1 Å². The Hall–Kier alpha value is -0.870. The zero-order valence-corrected chi connectivity index (χ0v) is 11.3. The second kappa shape index (κ2) is 5.19. The van der Waals surface area contributed by atoms with Gasteiger partial charge in [-0.25, -0.2) is 0 Å². The molecule has 0 aliphatic heterocycles. The van der Waals surface area contributed by atoms with Gasteiger partial charge >= 0.3 is 0 Å². The van der Waals surface area contributed by atoms with E-state index < -0.39 is 5.54 Å². The Morgan fingerprint density at radius 2 is 2.00 bits per heavy atom. The first-order chi connectivity index (χ1) is 8.12. The lowest BCUT2D eigenvalue weighted by Crippen LogP contribution is -2.51. The number of rotatable bonds is 3. The van der Waals surface area contributed by atoms with Crippen molar-refractivity contribution in [2.75, 3.05) is 0 Å². The number of hydrogen-bond donors (Lipinski definition) is 2. The van der Waals surface area contributed by atoms with Crippen LogP contribution in [0.1, 0.15) is 31.2 Å². The minimum absolute atomic E-state index is 0.0225. The number of carbonyl (C=O) groups excluding carboxylic acids is 1. The normalized spacial score (nSPS) is 18.0. The van der Waals surface area contributed by atoms with Crippen molar-refractivity contribution >= 4 is 21.8 Å². The van der Waals surface area contributed by atoms with Gasteiger partial charge in [0.2, 0.25) is 5.91 Å². The van der Waals surface area contributed by atoms with Gasteiger partial charge in [0.1, 0.15) is 0 Å². The van der Waals surface area contributed by atoms with Gasteiger partial charge < -0.3 is 11.1 Å². The molecule has 4 heteroatoms. The Bertz CT molecular complexity index is 414. The summed E-state index contributed by atoms with van der Waals surface area (Å²) in [5, 5.41) is 2.93. The summed E-state index contributed by atoms with van der Waals surface area (Å²) in [5.41, 5.74) is 6.52. The number of benzene rings is 1. The maximum absolute atomic E-state index is 12.0. The Morgan fingerprint density at radius 3 is 2.65 bits per heavy atom. The lowest BCUT2D eigenvalue weighted by atomic mass is 9.98. The molecule has 0 saturated heterocycles. The molecule has 1 amide bonds. The van der Waals surface area contributed by atoms with E-state index in [1.165, 1.54) is 0 Å². The number of carbonyl (C=O) groups is 1. The Kier molecular flexibility index (Phi) is 3.84. The average Bonchev–Trinajstić information content (AvgIpc) is 2.76. The molecule has 1 saturated carbocycles. The van der Waals surface area contributed by atoms with Gasteiger partial charge in [0, 0.05) is 11.0 Å². The topological polar surface area (TPSA) is 55.1 Å². The first kappa shape index (κ1) is 12.6. The van der Waals surface area contributed by atoms with E-state index >= 15 is 0 Å². The fourth-order valence-electron chi connectivity index (χ4n) is 2.23. The quantitative estimate of drug-likeness (QED) is 0.899. The second-order valence-electron chi connectivity index (χ2n) is 4.64. The highest BCUT2D eigenvalue weighted by Gasteiger charge is 2.36. The monoisotopic (exact) mass is 296 g/mol. The van der Waals surface area contributed by atoms with Gasteiger partial charge in [-0.05, 0) is 24.5 Å². The molecule has 0 radical (unpaired) electrons. The Balaban J connectivity index is 1.94. The highest BCUT2D eigenvalue weighted by Crippen LogP contribution is 2.27. The molecular formula is C13H17BrN2O. The third-order valence-electron chi connectivity index (χ3n) is 3.35. The minimum Gasteiger partial charge on any atom is -0.350 e. The lowest BCUT2D eigenvalue weighted by molar-refractivity contribution is -0.126. The molecule has 92 valence electrons. The van der Waals surface area contributed by atoms with Crippen LogP contribution in [-0.2, 0) is 11.3 Å². The van der Waals surface area contributed by atoms with E-state index in [0.29, 0.717) is 6.54 Å². The number of nitrogens with one attached hydrogen (secondary N) is 1. The zero-order valence-electron chi connectivity index (χ0n) is 9.71. The van der Waals surface area contributed by atoms with Gasteiger partial charge in [-0.15, -0.1) is 0 Å². The van der Waals surface area contributed by atoms with Crippen molar-refractivity contribution in [2.24, 2.45) is 5.73 Å². The molecule has 2 rings (SSSR count). The van der Waals surface area contributed by atoms with Crippen molar-refractivity contribution in [3.05, 3.63) is 34.3 Å². The molecule has 0 spiro atoms. The predicted molar refractivity (Wildman–Crippen MR) is 71.4 cm³/mol. The van der Waals surface area contributed by atoms with E-state index in [2.05, 4.69) is 21.2 Å². The van der Waals surface area contributed by atoms with Crippen LogP contribution in [-0.4, -0.2) is 11.4 Å². The summed E-state index contributed by atoms with van der Waals surface area (Å²) in [6.07, 6.45) is 3.71. The molecule has 0 bridgehead atoms. The SMILES string of the molecule is NC1(C(=O)NCc2ccccc2Br)CCCC1. The molecule has 1 aliphatic carbocycles. The molecule has 1 aromatic rings. The highest BCUT2D eigenvalue weighted by atomic mass is 79.9. The van der Waals surface area contributed by atoms with Crippen molar-refractivity contribution in [1.29, 1.82) is 0 Å².